The van der Waals surface area contributed by atoms with Crippen LogP contribution < -0.4 is 23.7 Å². The van der Waals surface area contributed by atoms with Gasteiger partial charge >= 0.3 is 0 Å². The van der Waals surface area contributed by atoms with Crippen LogP contribution in [0.5, 0.6) is 28.7 Å². The monoisotopic (exact) mass is 1460 g/mol. The third-order valence-corrected chi connectivity index (χ3v) is 23.0. The Balaban J connectivity index is 0.000000169. The minimum absolute atomic E-state index is 0.181. The second-order valence-corrected chi connectivity index (χ2v) is 31.3. The summed E-state index contributed by atoms with van der Waals surface area (Å²) in [6, 6.07) is 44.0. The van der Waals surface area contributed by atoms with Gasteiger partial charge in [-0.05, 0) is 284 Å². The minimum Gasteiger partial charge on any atom is -0.494 e. The number of rotatable bonds is 32. The molecule has 5 unspecified atom stereocenters. The largest absolute Gasteiger partial charge is 0.494 e. The van der Waals surface area contributed by atoms with E-state index in [1.165, 1.54) is 155 Å². The number of benzene rings is 5. The lowest BCUT2D eigenvalue weighted by molar-refractivity contribution is 0.0849. The lowest BCUT2D eigenvalue weighted by Crippen LogP contribution is -2.44. The highest BCUT2D eigenvalue weighted by Crippen LogP contribution is 2.34. The number of ether oxygens (including phenoxy) is 5. The van der Waals surface area contributed by atoms with Crippen molar-refractivity contribution in [3.8, 4) is 40.9 Å². The predicted octanol–water partition coefficient (Wildman–Crippen LogP) is 19.4. The molecule has 15 heteroatoms. The molecule has 7 fully saturated rings. The highest BCUT2D eigenvalue weighted by atomic mass is 16.5. The van der Waals surface area contributed by atoms with Crippen LogP contribution in [-0.2, 0) is 0 Å². The molecule has 5 aromatic rings. The van der Waals surface area contributed by atoms with Crippen molar-refractivity contribution in [2.75, 3.05) is 112 Å². The fraction of sp³-hybridized carbons (Fsp3) is 0.620. The smallest absolute Gasteiger partial charge is 0.169 e. The van der Waals surface area contributed by atoms with Gasteiger partial charge in [0.15, 0.2) is 17.3 Å². The predicted molar refractivity (Wildman–Crippen MR) is 434 cm³/mol. The molecule has 2 aliphatic carbocycles. The average Bonchev–Trinajstić information content (AvgIpc) is 1.38. The Morgan fingerprint density at radius 2 is 0.822 bits per heavy atom. The number of hydrogen-bond donors (Lipinski definition) is 0. The zero-order valence-corrected chi connectivity index (χ0v) is 66.6. The standard InChI is InChI=1S/C20H29NO2.C19H27NO2.C18H26N2O.C18H27NO2.C17H24N2O/c22-20(17-9-2-3-10-17)18-11-4-5-12-19(18)23-16-8-15-21-13-6-1-7-14-21;21-19(16-8-6-9-16)17-10-2-3-11-18(17)22-15-7-14-20-12-4-1-5-13-20;1-3-16-6-5-15(2)20(14-16)11-4-12-21-18-9-7-17(13-19)8-10-18;1-3-18(20)16-7-9-17(10-8-16)21-13-5-12-19-11-4-6-15(2)14-19;1-14-5-3-6-15(2)19(14)11-4-12-20-17-9-7-16(13-18)8-10-17/h4-5,11-12,17H,1-3,6-10,13-16H2;2-3,10-11,16H,1,4-9,12-15H2;7-10,15-16H,3-6,11-12,14H2,1-2H3;7-10,15H,3-6,11-14H2,1-2H3;7-10,14-15H,3-6,11-12H2,1-2H3. The van der Waals surface area contributed by atoms with E-state index in [1.54, 1.807) is 24.3 Å². The first-order chi connectivity index (χ1) is 52.3. The molecular formula is C92H133N7O8. The third-order valence-electron chi connectivity index (χ3n) is 23.0. The van der Waals surface area contributed by atoms with Crippen molar-refractivity contribution in [3.05, 3.63) is 149 Å². The highest BCUT2D eigenvalue weighted by Gasteiger charge is 2.30. The summed E-state index contributed by atoms with van der Waals surface area (Å²) in [6.07, 6.45) is 32.3. The summed E-state index contributed by atoms with van der Waals surface area (Å²) >= 11 is 0. The maximum Gasteiger partial charge on any atom is 0.169 e. The molecule has 0 aromatic heterocycles. The van der Waals surface area contributed by atoms with E-state index in [9.17, 15) is 14.4 Å². The van der Waals surface area contributed by atoms with Gasteiger partial charge in [-0.25, -0.2) is 0 Å². The number of hydrogen-bond acceptors (Lipinski definition) is 15. The summed E-state index contributed by atoms with van der Waals surface area (Å²) in [5.41, 5.74) is 3.69. The fourth-order valence-corrected chi connectivity index (χ4v) is 16.1. The molecule has 0 radical (unpaired) electrons. The summed E-state index contributed by atoms with van der Waals surface area (Å²) in [6.45, 7) is 31.4. The van der Waals surface area contributed by atoms with Crippen LogP contribution in [0.3, 0.4) is 0 Å². The van der Waals surface area contributed by atoms with Gasteiger partial charge in [0.1, 0.15) is 28.7 Å². The van der Waals surface area contributed by atoms with Crippen LogP contribution in [0.2, 0.25) is 0 Å². The summed E-state index contributed by atoms with van der Waals surface area (Å²) in [5, 5.41) is 17.5. The Bertz CT molecular complexity index is 3380. The molecule has 0 spiro atoms. The van der Waals surface area contributed by atoms with Crippen molar-refractivity contribution in [2.24, 2.45) is 23.7 Å². The number of nitriles is 2. The molecule has 5 atom stereocenters. The number of nitrogens with zero attached hydrogens (tertiary/aromatic N) is 7. The van der Waals surface area contributed by atoms with Gasteiger partial charge in [0, 0.05) is 87.8 Å². The Kier molecular flexibility index (Phi) is 39.3. The van der Waals surface area contributed by atoms with E-state index in [0.717, 1.165) is 168 Å². The van der Waals surface area contributed by atoms with Crippen molar-refractivity contribution in [1.29, 1.82) is 10.5 Å². The normalized spacial score (nSPS) is 20.9. The van der Waals surface area contributed by atoms with Gasteiger partial charge in [-0.2, -0.15) is 10.5 Å². The fourth-order valence-electron chi connectivity index (χ4n) is 16.1. The number of Topliss-reactive ketones (excluding diaryl/α,β-unsaturated/α-hetero) is 3. The molecule has 5 aromatic carbocycles. The molecule has 584 valence electrons. The summed E-state index contributed by atoms with van der Waals surface area (Å²) in [7, 11) is 0. The minimum atomic E-state index is 0.181. The van der Waals surface area contributed by atoms with Crippen LogP contribution >= 0.6 is 0 Å². The first kappa shape index (κ1) is 85.5. The van der Waals surface area contributed by atoms with Crippen molar-refractivity contribution >= 4 is 17.3 Å². The van der Waals surface area contributed by atoms with Crippen LogP contribution in [0.25, 0.3) is 0 Å². The number of likely N-dealkylation sites (tertiary alicyclic amines) is 5. The molecule has 15 nitrogen and oxygen atoms in total. The van der Waals surface area contributed by atoms with Crippen molar-refractivity contribution in [2.45, 2.75) is 233 Å². The second-order valence-electron chi connectivity index (χ2n) is 31.3. The average molecular weight is 1470 g/mol. The maximum absolute atomic E-state index is 12.7. The van der Waals surface area contributed by atoms with Crippen molar-refractivity contribution < 1.29 is 38.1 Å². The molecule has 0 bridgehead atoms. The van der Waals surface area contributed by atoms with Crippen LogP contribution in [0.1, 0.15) is 257 Å². The van der Waals surface area contributed by atoms with E-state index in [1.807, 2.05) is 104 Å². The van der Waals surface area contributed by atoms with Gasteiger partial charge in [0.2, 0.25) is 0 Å². The van der Waals surface area contributed by atoms with Gasteiger partial charge in [-0.3, -0.25) is 19.3 Å². The molecule has 2 saturated carbocycles. The molecule has 5 aliphatic heterocycles. The van der Waals surface area contributed by atoms with Crippen LogP contribution in [-0.4, -0.2) is 172 Å². The highest BCUT2D eigenvalue weighted by molar-refractivity contribution is 6.01. The second kappa shape index (κ2) is 49.1. The maximum atomic E-state index is 12.7. The number of para-hydroxylation sites is 2. The van der Waals surface area contributed by atoms with Crippen molar-refractivity contribution in [1.82, 2.24) is 24.5 Å². The number of carbonyl (C=O) groups is 3. The molecule has 0 N–H and O–H groups in total. The van der Waals surface area contributed by atoms with E-state index >= 15 is 0 Å². The Hall–Kier alpha value is -7.11. The molecule has 0 amide bonds. The summed E-state index contributed by atoms with van der Waals surface area (Å²) in [4.78, 5) is 49.5. The molecule has 12 rings (SSSR count). The van der Waals surface area contributed by atoms with Crippen molar-refractivity contribution in [3.63, 3.8) is 0 Å². The molecule has 107 heavy (non-hydrogen) atoms. The first-order valence-electron chi connectivity index (χ1n) is 42.0. The number of piperidine rings is 5. The van der Waals surface area contributed by atoms with Crippen LogP contribution in [0.4, 0.5) is 0 Å². The first-order valence-corrected chi connectivity index (χ1v) is 42.0. The van der Waals surface area contributed by atoms with Gasteiger partial charge < -0.3 is 43.3 Å². The van der Waals surface area contributed by atoms with E-state index in [-0.39, 0.29) is 29.2 Å². The molecule has 5 saturated heterocycles. The number of carbonyl (C=O) groups excluding carboxylic acids is 3. The lowest BCUT2D eigenvalue weighted by Gasteiger charge is -2.39. The topological polar surface area (TPSA) is 161 Å². The summed E-state index contributed by atoms with van der Waals surface area (Å²) < 4.78 is 29.1. The van der Waals surface area contributed by atoms with E-state index < -0.39 is 0 Å². The molecular weight excluding hydrogens is 1330 g/mol. The zero-order chi connectivity index (χ0) is 75.6. The molecule has 7 aliphatic rings. The van der Waals surface area contributed by atoms with E-state index in [4.69, 9.17) is 34.2 Å². The Morgan fingerprint density at radius 1 is 0.402 bits per heavy atom. The van der Waals surface area contributed by atoms with E-state index in [0.29, 0.717) is 48.9 Å². The lowest BCUT2D eigenvalue weighted by atomic mass is 9.80. The van der Waals surface area contributed by atoms with Gasteiger partial charge in [0.05, 0.1) is 67.4 Å². The number of ketones is 3. The summed E-state index contributed by atoms with van der Waals surface area (Å²) in [5.74, 6) is 7.02. The van der Waals surface area contributed by atoms with Crippen LogP contribution in [0.15, 0.2) is 121 Å². The Labute approximate surface area is 645 Å². The third kappa shape index (κ3) is 30.7. The van der Waals surface area contributed by atoms with Gasteiger partial charge in [0.25, 0.3) is 0 Å². The molecule has 5 heterocycles. The van der Waals surface area contributed by atoms with Crippen LogP contribution in [0, 0.1) is 46.3 Å². The van der Waals surface area contributed by atoms with E-state index in [2.05, 4.69) is 71.3 Å². The zero-order valence-electron chi connectivity index (χ0n) is 66.6. The van der Waals surface area contributed by atoms with Gasteiger partial charge in [-0.1, -0.05) is 90.0 Å². The van der Waals surface area contributed by atoms with Gasteiger partial charge in [-0.15, -0.1) is 0 Å². The Morgan fingerprint density at radius 3 is 1.27 bits per heavy atom. The quantitative estimate of drug-likeness (QED) is 0.0295. The SMILES string of the molecule is CC1CCCC(C)N1CCCOc1ccc(C#N)cc1.CCC(=O)c1ccc(OCCCN2CCCC(C)C2)cc1.CCC1CCC(C)N(CCCOc2ccc(C#N)cc2)C1.O=C(c1ccccc1OCCCN1CCCCC1)C1CCC1.O=C(c1ccccc1OCCCN1CCCCC1)C1CCCC1.